The number of urea groups is 1. The van der Waals surface area contributed by atoms with E-state index in [-0.39, 0.29) is 43.0 Å². The molecule has 1 unspecified atom stereocenters. The van der Waals surface area contributed by atoms with Crippen molar-refractivity contribution in [3.63, 3.8) is 0 Å². The first-order valence-corrected chi connectivity index (χ1v) is 9.62. The van der Waals surface area contributed by atoms with Crippen molar-refractivity contribution in [1.29, 1.82) is 0 Å². The lowest BCUT2D eigenvalue weighted by molar-refractivity contribution is -0.120. The molecule has 0 aliphatic heterocycles. The standard InChI is InChI=1S/C20H32N4O2.ClH/c1-14(2)15-8-10-16(11-9-15)18(21)12-22-19(25)13-23-20(26)24-17-6-4-3-5-7-17;/h8-11,14,17-18H,3-7,12-13,21H2,1-2H3,(H,22,25)(H2,23,24,26);1H. The number of hydrogen-bond donors (Lipinski definition) is 4. The Bertz CT molecular complexity index is 586. The molecule has 3 amide bonds. The van der Waals surface area contributed by atoms with Crippen LogP contribution in [0.1, 0.15) is 69.0 Å². The first-order valence-electron chi connectivity index (χ1n) is 9.62. The lowest BCUT2D eigenvalue weighted by Crippen LogP contribution is -2.46. The fraction of sp³-hybridized carbons (Fsp3) is 0.600. The van der Waals surface area contributed by atoms with E-state index in [0.29, 0.717) is 12.5 Å². The van der Waals surface area contributed by atoms with E-state index in [0.717, 1.165) is 31.2 Å². The number of halogens is 1. The molecule has 0 aromatic heterocycles. The fourth-order valence-corrected chi connectivity index (χ4v) is 3.18. The predicted octanol–water partition coefficient (Wildman–Crippen LogP) is 2.98. The summed E-state index contributed by atoms with van der Waals surface area (Å²) in [5.41, 5.74) is 8.38. The highest BCUT2D eigenvalue weighted by Gasteiger charge is 2.16. The van der Waals surface area contributed by atoms with E-state index in [4.69, 9.17) is 5.73 Å². The van der Waals surface area contributed by atoms with Gasteiger partial charge in [-0.1, -0.05) is 57.4 Å². The Kier molecular flexibility index (Phi) is 10.2. The van der Waals surface area contributed by atoms with Crippen molar-refractivity contribution in [3.05, 3.63) is 35.4 Å². The van der Waals surface area contributed by atoms with Gasteiger partial charge in [0, 0.05) is 18.6 Å². The third kappa shape index (κ3) is 8.18. The van der Waals surface area contributed by atoms with Crippen molar-refractivity contribution in [2.75, 3.05) is 13.1 Å². The van der Waals surface area contributed by atoms with E-state index >= 15 is 0 Å². The van der Waals surface area contributed by atoms with Crippen LogP contribution in [-0.4, -0.2) is 31.1 Å². The number of rotatable bonds is 7. The third-order valence-electron chi connectivity index (χ3n) is 4.90. The minimum atomic E-state index is -0.277. The highest BCUT2D eigenvalue weighted by Crippen LogP contribution is 2.18. The van der Waals surface area contributed by atoms with Crippen molar-refractivity contribution >= 4 is 24.3 Å². The minimum Gasteiger partial charge on any atom is -0.353 e. The molecule has 0 radical (unpaired) electrons. The molecule has 0 bridgehead atoms. The number of amides is 3. The zero-order valence-corrected chi connectivity index (χ0v) is 17.1. The fourth-order valence-electron chi connectivity index (χ4n) is 3.18. The molecule has 2 rings (SSSR count). The van der Waals surface area contributed by atoms with Gasteiger partial charge in [0.1, 0.15) is 0 Å². The van der Waals surface area contributed by atoms with E-state index in [1.807, 2.05) is 12.1 Å². The SMILES string of the molecule is CC(C)c1ccc(C(N)CNC(=O)CNC(=O)NC2CCCCC2)cc1.Cl. The van der Waals surface area contributed by atoms with Crippen LogP contribution in [0.15, 0.2) is 24.3 Å². The summed E-state index contributed by atoms with van der Waals surface area (Å²) in [6.45, 7) is 4.59. The maximum absolute atomic E-state index is 11.9. The molecular weight excluding hydrogens is 364 g/mol. The number of carbonyl (C=O) groups is 2. The van der Waals surface area contributed by atoms with E-state index < -0.39 is 0 Å². The van der Waals surface area contributed by atoms with Gasteiger partial charge < -0.3 is 21.7 Å². The maximum Gasteiger partial charge on any atom is 0.315 e. The van der Waals surface area contributed by atoms with Crippen molar-refractivity contribution in [3.8, 4) is 0 Å². The molecule has 1 aromatic rings. The summed E-state index contributed by atoms with van der Waals surface area (Å²) in [4.78, 5) is 23.7. The Hall–Kier alpha value is -1.79. The van der Waals surface area contributed by atoms with Crippen LogP contribution in [0.25, 0.3) is 0 Å². The summed E-state index contributed by atoms with van der Waals surface area (Å²) >= 11 is 0. The van der Waals surface area contributed by atoms with Crippen LogP contribution in [0.4, 0.5) is 4.79 Å². The molecule has 1 aliphatic rings. The molecule has 1 atom stereocenters. The lowest BCUT2D eigenvalue weighted by atomic mass is 9.96. The average molecular weight is 397 g/mol. The molecule has 0 spiro atoms. The predicted molar refractivity (Wildman–Crippen MR) is 111 cm³/mol. The van der Waals surface area contributed by atoms with Gasteiger partial charge >= 0.3 is 6.03 Å². The molecule has 6 nitrogen and oxygen atoms in total. The Morgan fingerprint density at radius 2 is 1.63 bits per heavy atom. The topological polar surface area (TPSA) is 96.2 Å². The lowest BCUT2D eigenvalue weighted by Gasteiger charge is -2.22. The summed E-state index contributed by atoms with van der Waals surface area (Å²) in [6.07, 6.45) is 5.58. The Labute approximate surface area is 168 Å². The van der Waals surface area contributed by atoms with Crippen LogP contribution in [0.3, 0.4) is 0 Å². The Morgan fingerprint density at radius 1 is 1.04 bits per heavy atom. The summed E-state index contributed by atoms with van der Waals surface area (Å²) < 4.78 is 0. The van der Waals surface area contributed by atoms with Crippen LogP contribution >= 0.6 is 12.4 Å². The summed E-state index contributed by atoms with van der Waals surface area (Å²) in [7, 11) is 0. The van der Waals surface area contributed by atoms with Gasteiger partial charge in [-0.25, -0.2) is 4.79 Å². The third-order valence-corrected chi connectivity index (χ3v) is 4.90. The van der Waals surface area contributed by atoms with Gasteiger partial charge in [-0.2, -0.15) is 0 Å². The number of carbonyl (C=O) groups excluding carboxylic acids is 2. The first-order chi connectivity index (χ1) is 12.5. The van der Waals surface area contributed by atoms with Crippen LogP contribution in [-0.2, 0) is 4.79 Å². The molecule has 5 N–H and O–H groups in total. The van der Waals surface area contributed by atoms with Gasteiger partial charge in [-0.3, -0.25) is 4.79 Å². The van der Waals surface area contributed by atoms with Crippen molar-refractivity contribution in [1.82, 2.24) is 16.0 Å². The average Bonchev–Trinajstić information content (AvgIpc) is 2.65. The molecule has 1 aliphatic carbocycles. The van der Waals surface area contributed by atoms with Gasteiger partial charge in [-0.15, -0.1) is 12.4 Å². The smallest absolute Gasteiger partial charge is 0.315 e. The zero-order valence-electron chi connectivity index (χ0n) is 16.3. The largest absolute Gasteiger partial charge is 0.353 e. The van der Waals surface area contributed by atoms with Crippen molar-refractivity contribution < 1.29 is 9.59 Å². The first kappa shape index (κ1) is 23.2. The second-order valence-corrected chi connectivity index (χ2v) is 7.39. The molecule has 1 fully saturated rings. The van der Waals surface area contributed by atoms with Crippen LogP contribution < -0.4 is 21.7 Å². The molecule has 1 aromatic carbocycles. The highest BCUT2D eigenvalue weighted by atomic mass is 35.5. The number of benzene rings is 1. The van der Waals surface area contributed by atoms with Gasteiger partial charge in [0.25, 0.3) is 0 Å². The van der Waals surface area contributed by atoms with Crippen LogP contribution in [0, 0.1) is 0 Å². The molecule has 0 saturated heterocycles. The van der Waals surface area contributed by atoms with E-state index in [9.17, 15) is 9.59 Å². The van der Waals surface area contributed by atoms with E-state index in [1.54, 1.807) is 0 Å². The number of nitrogens with one attached hydrogen (secondary N) is 3. The second kappa shape index (κ2) is 11.8. The van der Waals surface area contributed by atoms with E-state index in [1.165, 1.54) is 12.0 Å². The Morgan fingerprint density at radius 3 is 2.22 bits per heavy atom. The molecule has 0 heterocycles. The number of nitrogens with two attached hydrogens (primary N) is 1. The molecule has 7 heteroatoms. The molecule has 1 saturated carbocycles. The summed E-state index contributed by atoms with van der Waals surface area (Å²) in [5.74, 6) is 0.240. The van der Waals surface area contributed by atoms with E-state index in [2.05, 4.69) is 41.9 Å². The van der Waals surface area contributed by atoms with Crippen LogP contribution in [0.5, 0.6) is 0 Å². The molecular formula is C20H33ClN4O2. The molecule has 27 heavy (non-hydrogen) atoms. The number of hydrogen-bond acceptors (Lipinski definition) is 3. The van der Waals surface area contributed by atoms with Gasteiger partial charge in [0.2, 0.25) is 5.91 Å². The normalized spacial score (nSPS) is 15.6. The van der Waals surface area contributed by atoms with Crippen LogP contribution in [0.2, 0.25) is 0 Å². The summed E-state index contributed by atoms with van der Waals surface area (Å²) in [5, 5.41) is 8.31. The highest BCUT2D eigenvalue weighted by molar-refractivity contribution is 5.85. The maximum atomic E-state index is 11.9. The van der Waals surface area contributed by atoms with Gasteiger partial charge in [0.15, 0.2) is 0 Å². The Balaban J connectivity index is 0.00000364. The summed E-state index contributed by atoms with van der Waals surface area (Å²) in [6, 6.07) is 7.83. The molecule has 152 valence electrons. The minimum absolute atomic E-state index is 0. The van der Waals surface area contributed by atoms with Gasteiger partial charge in [-0.05, 0) is 29.9 Å². The van der Waals surface area contributed by atoms with Gasteiger partial charge in [0.05, 0.1) is 6.54 Å². The quantitative estimate of drug-likeness (QED) is 0.570. The zero-order chi connectivity index (χ0) is 18.9. The van der Waals surface area contributed by atoms with Crippen molar-refractivity contribution in [2.45, 2.75) is 64.0 Å². The van der Waals surface area contributed by atoms with Crippen molar-refractivity contribution in [2.24, 2.45) is 5.73 Å². The monoisotopic (exact) mass is 396 g/mol. The second-order valence-electron chi connectivity index (χ2n) is 7.39.